The molecule has 1 aromatic rings. The van der Waals surface area contributed by atoms with E-state index in [-0.39, 0.29) is 16.7 Å². The summed E-state index contributed by atoms with van der Waals surface area (Å²) >= 11 is 1.55. The van der Waals surface area contributed by atoms with Gasteiger partial charge in [-0.05, 0) is 38.5 Å². The van der Waals surface area contributed by atoms with Gasteiger partial charge in [0.15, 0.2) is 0 Å². The molecule has 0 bridgehead atoms. The van der Waals surface area contributed by atoms with Crippen LogP contribution in [0.5, 0.6) is 0 Å². The van der Waals surface area contributed by atoms with E-state index in [4.69, 9.17) is 0 Å². The first-order valence-electron chi connectivity index (χ1n) is 6.19. The summed E-state index contributed by atoms with van der Waals surface area (Å²) in [5, 5.41) is 9.22. The molecule has 1 aliphatic heterocycles. The summed E-state index contributed by atoms with van der Waals surface area (Å²) in [7, 11) is 0. The highest BCUT2D eigenvalue weighted by atomic mass is 32.2. The number of halogens is 1. The van der Waals surface area contributed by atoms with Gasteiger partial charge < -0.3 is 5.11 Å². The Morgan fingerprint density at radius 3 is 2.68 bits per heavy atom. The van der Waals surface area contributed by atoms with E-state index in [2.05, 4.69) is 0 Å². The lowest BCUT2D eigenvalue weighted by molar-refractivity contribution is -0.144. The van der Waals surface area contributed by atoms with Crippen LogP contribution in [0.25, 0.3) is 0 Å². The molecule has 19 heavy (non-hydrogen) atoms. The monoisotopic (exact) mass is 283 g/mol. The van der Waals surface area contributed by atoms with Gasteiger partial charge in [0.25, 0.3) is 0 Å². The van der Waals surface area contributed by atoms with Crippen molar-refractivity contribution in [3.63, 3.8) is 0 Å². The Labute approximate surface area is 116 Å². The first kappa shape index (κ1) is 14.3. The molecule has 0 saturated carbocycles. The second kappa shape index (κ2) is 5.13. The molecule has 1 heterocycles. The van der Waals surface area contributed by atoms with E-state index in [1.807, 2.05) is 31.7 Å². The van der Waals surface area contributed by atoms with Gasteiger partial charge in [-0.1, -0.05) is 12.1 Å². The average Bonchev–Trinajstić information content (AvgIpc) is 2.73. The third-order valence-corrected chi connectivity index (χ3v) is 4.52. The van der Waals surface area contributed by atoms with Crippen molar-refractivity contribution in [2.24, 2.45) is 0 Å². The Morgan fingerprint density at radius 1 is 1.47 bits per heavy atom. The van der Waals surface area contributed by atoms with E-state index in [0.717, 1.165) is 5.56 Å². The first-order valence-corrected chi connectivity index (χ1v) is 7.24. The van der Waals surface area contributed by atoms with E-state index in [0.29, 0.717) is 5.75 Å². The van der Waals surface area contributed by atoms with Gasteiger partial charge in [-0.2, -0.15) is 0 Å². The van der Waals surface area contributed by atoms with Crippen LogP contribution in [0.3, 0.4) is 0 Å². The van der Waals surface area contributed by atoms with Crippen LogP contribution in [0, 0.1) is 5.82 Å². The zero-order chi connectivity index (χ0) is 14.2. The fourth-order valence-electron chi connectivity index (χ4n) is 2.43. The second-order valence-corrected chi connectivity index (χ2v) is 6.79. The van der Waals surface area contributed by atoms with Crippen molar-refractivity contribution in [2.75, 3.05) is 5.75 Å². The average molecular weight is 283 g/mol. The smallest absolute Gasteiger partial charge is 0.321 e. The lowest BCUT2D eigenvalue weighted by Crippen LogP contribution is -2.49. The molecule has 2 atom stereocenters. The van der Waals surface area contributed by atoms with E-state index in [1.165, 1.54) is 12.1 Å². The standard InChI is InChI=1S/C14H18FNO2S/c1-14(2,3)16-11(13(17)18)8-19-12(16)9-5-4-6-10(15)7-9/h4-7,11-12H,8H2,1-3H3,(H,17,18)/t11-,12+/m0/s1. The lowest BCUT2D eigenvalue weighted by Gasteiger charge is -2.39. The van der Waals surface area contributed by atoms with E-state index < -0.39 is 12.0 Å². The fourth-order valence-corrected chi connectivity index (χ4v) is 4.06. The van der Waals surface area contributed by atoms with Crippen molar-refractivity contribution < 1.29 is 14.3 Å². The van der Waals surface area contributed by atoms with Gasteiger partial charge in [0.1, 0.15) is 11.9 Å². The molecular weight excluding hydrogens is 265 g/mol. The highest BCUT2D eigenvalue weighted by molar-refractivity contribution is 7.99. The second-order valence-electron chi connectivity index (χ2n) is 5.67. The maximum absolute atomic E-state index is 13.4. The molecule has 1 aliphatic rings. The van der Waals surface area contributed by atoms with Crippen LogP contribution < -0.4 is 0 Å². The molecule has 0 amide bonds. The number of nitrogens with zero attached hydrogens (tertiary/aromatic N) is 1. The summed E-state index contributed by atoms with van der Waals surface area (Å²) in [4.78, 5) is 13.3. The normalized spacial score (nSPS) is 24.6. The summed E-state index contributed by atoms with van der Waals surface area (Å²) in [6.07, 6.45) is 0. The van der Waals surface area contributed by atoms with Crippen LogP contribution in [-0.2, 0) is 4.79 Å². The minimum Gasteiger partial charge on any atom is -0.480 e. The zero-order valence-electron chi connectivity index (χ0n) is 11.3. The van der Waals surface area contributed by atoms with Crippen molar-refractivity contribution in [3.05, 3.63) is 35.6 Å². The molecule has 1 saturated heterocycles. The summed E-state index contributed by atoms with van der Waals surface area (Å²) in [5.41, 5.74) is 0.535. The number of aliphatic carboxylic acids is 1. The zero-order valence-corrected chi connectivity index (χ0v) is 12.1. The highest BCUT2D eigenvalue weighted by Crippen LogP contribution is 2.45. The SMILES string of the molecule is CC(C)(C)N1[C@@H](c2cccc(F)c2)SC[C@H]1C(=O)O. The number of rotatable bonds is 2. The van der Waals surface area contributed by atoms with Crippen LogP contribution in [0.1, 0.15) is 31.7 Å². The Morgan fingerprint density at radius 2 is 2.16 bits per heavy atom. The van der Waals surface area contributed by atoms with Gasteiger partial charge >= 0.3 is 5.97 Å². The topological polar surface area (TPSA) is 40.5 Å². The molecular formula is C14H18FNO2S. The number of carboxylic acids is 1. The molecule has 2 rings (SSSR count). The number of hydrogen-bond donors (Lipinski definition) is 1. The van der Waals surface area contributed by atoms with E-state index >= 15 is 0 Å². The van der Waals surface area contributed by atoms with Gasteiger partial charge in [0.2, 0.25) is 0 Å². The van der Waals surface area contributed by atoms with Crippen molar-refractivity contribution in [1.82, 2.24) is 4.90 Å². The molecule has 3 nitrogen and oxygen atoms in total. The molecule has 5 heteroatoms. The number of benzene rings is 1. The summed E-state index contributed by atoms with van der Waals surface area (Å²) in [5.74, 6) is -0.583. The van der Waals surface area contributed by atoms with Crippen LogP contribution >= 0.6 is 11.8 Å². The fraction of sp³-hybridized carbons (Fsp3) is 0.500. The number of thioether (sulfide) groups is 1. The Balaban J connectivity index is 2.37. The quantitative estimate of drug-likeness (QED) is 0.905. The van der Waals surface area contributed by atoms with Gasteiger partial charge in [-0.3, -0.25) is 9.69 Å². The van der Waals surface area contributed by atoms with Gasteiger partial charge in [-0.15, -0.1) is 11.8 Å². The molecule has 0 aliphatic carbocycles. The van der Waals surface area contributed by atoms with Crippen LogP contribution in [-0.4, -0.2) is 33.3 Å². The minimum atomic E-state index is -0.818. The van der Waals surface area contributed by atoms with Gasteiger partial charge in [0, 0.05) is 11.3 Å². The maximum atomic E-state index is 13.4. The van der Waals surface area contributed by atoms with E-state index in [1.54, 1.807) is 17.8 Å². The number of hydrogen-bond acceptors (Lipinski definition) is 3. The molecule has 0 aromatic heterocycles. The predicted molar refractivity (Wildman–Crippen MR) is 74.6 cm³/mol. The van der Waals surface area contributed by atoms with Gasteiger partial charge in [0.05, 0.1) is 5.37 Å². The van der Waals surface area contributed by atoms with Crippen LogP contribution in [0.2, 0.25) is 0 Å². The predicted octanol–water partition coefficient (Wildman–Crippen LogP) is 3.12. The van der Waals surface area contributed by atoms with Crippen LogP contribution in [0.15, 0.2) is 24.3 Å². The van der Waals surface area contributed by atoms with E-state index in [9.17, 15) is 14.3 Å². The summed E-state index contributed by atoms with van der Waals surface area (Å²) in [6, 6.07) is 5.88. The third-order valence-electron chi connectivity index (χ3n) is 3.19. The molecule has 1 fully saturated rings. The molecule has 0 spiro atoms. The molecule has 104 valence electrons. The lowest BCUT2D eigenvalue weighted by atomic mass is 10.0. The molecule has 1 N–H and O–H groups in total. The van der Waals surface area contributed by atoms with Crippen molar-refractivity contribution in [3.8, 4) is 0 Å². The molecule has 0 radical (unpaired) electrons. The minimum absolute atomic E-state index is 0.114. The maximum Gasteiger partial charge on any atom is 0.321 e. The Hall–Kier alpha value is -1.07. The number of carbonyl (C=O) groups is 1. The highest BCUT2D eigenvalue weighted by Gasteiger charge is 2.44. The Kier molecular flexibility index (Phi) is 3.87. The van der Waals surface area contributed by atoms with Crippen molar-refractivity contribution >= 4 is 17.7 Å². The van der Waals surface area contributed by atoms with Crippen molar-refractivity contribution in [2.45, 2.75) is 37.7 Å². The van der Waals surface area contributed by atoms with Crippen LogP contribution in [0.4, 0.5) is 4.39 Å². The summed E-state index contributed by atoms with van der Waals surface area (Å²) < 4.78 is 13.4. The number of carboxylic acid groups (broad SMARTS) is 1. The first-order chi connectivity index (χ1) is 8.80. The summed E-state index contributed by atoms with van der Waals surface area (Å²) in [6.45, 7) is 5.96. The Bertz CT molecular complexity index is 487. The third kappa shape index (κ3) is 2.92. The largest absolute Gasteiger partial charge is 0.480 e. The molecule has 0 unspecified atom stereocenters. The van der Waals surface area contributed by atoms with Crippen molar-refractivity contribution in [1.29, 1.82) is 0 Å². The molecule has 1 aromatic carbocycles. The van der Waals surface area contributed by atoms with Gasteiger partial charge in [-0.25, -0.2) is 4.39 Å².